The minimum Gasteiger partial charge on any atom is -0.324 e. The normalized spacial score (nSPS) is 11.9. The first-order valence-corrected chi connectivity index (χ1v) is 9.48. The highest BCUT2D eigenvalue weighted by molar-refractivity contribution is 8.00. The molecule has 0 radical (unpaired) electrons. The number of benzene rings is 2. The Morgan fingerprint density at radius 2 is 1.79 bits per heavy atom. The van der Waals surface area contributed by atoms with E-state index in [0.717, 1.165) is 0 Å². The van der Waals surface area contributed by atoms with Gasteiger partial charge in [-0.2, -0.15) is 0 Å². The number of hydrogen-bond donors (Lipinski definition) is 1. The zero-order valence-corrected chi connectivity index (χ0v) is 16.5. The lowest BCUT2D eigenvalue weighted by molar-refractivity contribution is -0.115. The molecule has 1 amide bonds. The van der Waals surface area contributed by atoms with Gasteiger partial charge in [-0.25, -0.2) is 4.39 Å². The molecule has 144 valence electrons. The summed E-state index contributed by atoms with van der Waals surface area (Å²) in [5.74, 6) is -0.399. The molecule has 6 nitrogen and oxygen atoms in total. The van der Waals surface area contributed by atoms with E-state index in [1.807, 2.05) is 0 Å². The number of nitrogens with one attached hydrogen (secondary N) is 1. The van der Waals surface area contributed by atoms with Gasteiger partial charge in [-0.3, -0.25) is 9.59 Å². The molecular weight excluding hydrogens is 379 g/mol. The number of para-hydroxylation sites is 1. The Morgan fingerprint density at radius 3 is 2.50 bits per heavy atom. The molecule has 0 aliphatic heterocycles. The summed E-state index contributed by atoms with van der Waals surface area (Å²) in [5, 5.41) is 10.9. The molecule has 0 fully saturated rings. The molecule has 3 aromatic rings. The monoisotopic (exact) mass is 398 g/mol. The van der Waals surface area contributed by atoms with Gasteiger partial charge in [-0.05, 0) is 38.1 Å². The van der Waals surface area contributed by atoms with Crippen LogP contribution in [0.15, 0.2) is 53.7 Å². The van der Waals surface area contributed by atoms with Gasteiger partial charge in [0.25, 0.3) is 0 Å². The van der Waals surface area contributed by atoms with Crippen LogP contribution < -0.4 is 5.32 Å². The van der Waals surface area contributed by atoms with E-state index in [-0.39, 0.29) is 17.5 Å². The number of aromatic nitrogens is 3. The van der Waals surface area contributed by atoms with Crippen LogP contribution in [0.25, 0.3) is 11.4 Å². The van der Waals surface area contributed by atoms with Gasteiger partial charge < -0.3 is 9.88 Å². The SMILES string of the molecule is CC(=O)c1ccccc1NC(=O)[C@H](C)Sc1nnc(-c2ccccc2F)n1C. The van der Waals surface area contributed by atoms with Crippen molar-refractivity contribution in [1.82, 2.24) is 14.8 Å². The molecule has 8 heteroatoms. The molecule has 0 bridgehead atoms. The van der Waals surface area contributed by atoms with Crippen molar-refractivity contribution in [2.75, 3.05) is 5.32 Å². The van der Waals surface area contributed by atoms with E-state index in [2.05, 4.69) is 15.5 Å². The number of carbonyl (C=O) groups is 2. The molecule has 0 saturated carbocycles. The highest BCUT2D eigenvalue weighted by Gasteiger charge is 2.21. The van der Waals surface area contributed by atoms with Crippen LogP contribution in [0.1, 0.15) is 24.2 Å². The summed E-state index contributed by atoms with van der Waals surface area (Å²) in [4.78, 5) is 24.3. The van der Waals surface area contributed by atoms with Crippen LogP contribution in [-0.2, 0) is 11.8 Å². The fourth-order valence-corrected chi connectivity index (χ4v) is 3.45. The van der Waals surface area contributed by atoms with Crippen molar-refractivity contribution in [3.8, 4) is 11.4 Å². The third-order valence-corrected chi connectivity index (χ3v) is 5.30. The van der Waals surface area contributed by atoms with E-state index < -0.39 is 5.25 Å². The fourth-order valence-electron chi connectivity index (χ4n) is 2.64. The second-order valence-corrected chi connectivity index (χ2v) is 7.50. The number of anilines is 1. The summed E-state index contributed by atoms with van der Waals surface area (Å²) in [6.45, 7) is 3.18. The van der Waals surface area contributed by atoms with Crippen molar-refractivity contribution in [1.29, 1.82) is 0 Å². The van der Waals surface area contributed by atoms with E-state index in [9.17, 15) is 14.0 Å². The Morgan fingerprint density at radius 1 is 1.11 bits per heavy atom. The third-order valence-electron chi connectivity index (χ3n) is 4.17. The largest absolute Gasteiger partial charge is 0.324 e. The van der Waals surface area contributed by atoms with Crippen molar-refractivity contribution < 1.29 is 14.0 Å². The highest BCUT2D eigenvalue weighted by atomic mass is 32.2. The minimum absolute atomic E-state index is 0.126. The zero-order valence-electron chi connectivity index (χ0n) is 15.6. The van der Waals surface area contributed by atoms with Crippen LogP contribution in [0.5, 0.6) is 0 Å². The van der Waals surface area contributed by atoms with Gasteiger partial charge in [0.05, 0.1) is 16.5 Å². The fraction of sp³-hybridized carbons (Fsp3) is 0.200. The van der Waals surface area contributed by atoms with E-state index in [1.54, 1.807) is 61.0 Å². The van der Waals surface area contributed by atoms with Gasteiger partial charge in [0.15, 0.2) is 16.8 Å². The molecule has 1 heterocycles. The number of nitrogens with zero attached hydrogens (tertiary/aromatic N) is 3. The first kappa shape index (κ1) is 19.8. The molecule has 1 N–H and O–H groups in total. The van der Waals surface area contributed by atoms with Crippen molar-refractivity contribution in [3.05, 3.63) is 59.9 Å². The lowest BCUT2D eigenvalue weighted by atomic mass is 10.1. The molecule has 1 atom stereocenters. The Kier molecular flexibility index (Phi) is 5.89. The van der Waals surface area contributed by atoms with E-state index in [0.29, 0.717) is 27.8 Å². The number of rotatable bonds is 6. The summed E-state index contributed by atoms with van der Waals surface area (Å²) < 4.78 is 15.7. The highest BCUT2D eigenvalue weighted by Crippen LogP contribution is 2.27. The maximum absolute atomic E-state index is 14.0. The van der Waals surface area contributed by atoms with Gasteiger partial charge in [0.2, 0.25) is 5.91 Å². The smallest absolute Gasteiger partial charge is 0.237 e. The number of halogens is 1. The molecule has 28 heavy (non-hydrogen) atoms. The standard InChI is InChI=1S/C20H19FN4O2S/c1-12(26)14-8-5-7-11-17(14)22-19(27)13(2)28-20-24-23-18(25(20)3)15-9-4-6-10-16(15)21/h4-11,13H,1-3H3,(H,22,27)/t13-/m0/s1. The molecule has 3 rings (SSSR count). The van der Waals surface area contributed by atoms with E-state index >= 15 is 0 Å². The summed E-state index contributed by atoms with van der Waals surface area (Å²) in [7, 11) is 1.72. The van der Waals surface area contributed by atoms with Crippen LogP contribution in [0.3, 0.4) is 0 Å². The maximum Gasteiger partial charge on any atom is 0.237 e. The summed E-state index contributed by atoms with van der Waals surface area (Å²) in [6.07, 6.45) is 0. The second-order valence-electron chi connectivity index (χ2n) is 6.20. The Bertz CT molecular complexity index is 1030. The van der Waals surface area contributed by atoms with Crippen molar-refractivity contribution >= 4 is 29.1 Å². The summed E-state index contributed by atoms with van der Waals surface area (Å²) in [6, 6.07) is 13.2. The van der Waals surface area contributed by atoms with Crippen LogP contribution in [0.4, 0.5) is 10.1 Å². The van der Waals surface area contributed by atoms with Crippen LogP contribution >= 0.6 is 11.8 Å². The summed E-state index contributed by atoms with van der Waals surface area (Å²) >= 11 is 1.20. The van der Waals surface area contributed by atoms with Gasteiger partial charge >= 0.3 is 0 Å². The first-order valence-electron chi connectivity index (χ1n) is 8.60. The molecule has 2 aromatic carbocycles. The molecule has 0 aliphatic rings. The number of Topliss-reactive ketones (excluding diaryl/α,β-unsaturated/α-hetero) is 1. The predicted molar refractivity (Wildman–Crippen MR) is 107 cm³/mol. The molecular formula is C20H19FN4O2S. The Labute approximate surface area is 166 Å². The average molecular weight is 398 g/mol. The molecule has 0 aliphatic carbocycles. The lowest BCUT2D eigenvalue weighted by Crippen LogP contribution is -2.23. The first-order chi connectivity index (χ1) is 13.4. The number of thioether (sulfide) groups is 1. The van der Waals surface area contributed by atoms with Gasteiger partial charge in [0, 0.05) is 12.6 Å². The number of hydrogen-bond acceptors (Lipinski definition) is 5. The topological polar surface area (TPSA) is 76.9 Å². The number of amides is 1. The van der Waals surface area contributed by atoms with Gasteiger partial charge in [-0.15, -0.1) is 10.2 Å². The van der Waals surface area contributed by atoms with Crippen LogP contribution in [0, 0.1) is 5.82 Å². The van der Waals surface area contributed by atoms with E-state index in [1.165, 1.54) is 24.8 Å². The average Bonchev–Trinajstić information content (AvgIpc) is 3.02. The van der Waals surface area contributed by atoms with Gasteiger partial charge in [-0.1, -0.05) is 36.0 Å². The van der Waals surface area contributed by atoms with Crippen molar-refractivity contribution in [3.63, 3.8) is 0 Å². The third kappa shape index (κ3) is 4.12. The van der Waals surface area contributed by atoms with E-state index in [4.69, 9.17) is 0 Å². The Balaban J connectivity index is 1.75. The van der Waals surface area contributed by atoms with Crippen LogP contribution in [0.2, 0.25) is 0 Å². The number of carbonyl (C=O) groups excluding carboxylic acids is 2. The molecule has 1 aromatic heterocycles. The Hall–Kier alpha value is -3.00. The molecule has 0 saturated heterocycles. The molecule has 0 unspecified atom stereocenters. The van der Waals surface area contributed by atoms with Crippen LogP contribution in [-0.4, -0.2) is 31.7 Å². The van der Waals surface area contributed by atoms with Crippen molar-refractivity contribution in [2.24, 2.45) is 7.05 Å². The predicted octanol–water partition coefficient (Wildman–Crippen LogP) is 3.94. The second kappa shape index (κ2) is 8.35. The molecule has 0 spiro atoms. The van der Waals surface area contributed by atoms with Crippen molar-refractivity contribution in [2.45, 2.75) is 24.3 Å². The lowest BCUT2D eigenvalue weighted by Gasteiger charge is -2.13. The quantitative estimate of drug-likeness (QED) is 0.503. The zero-order chi connectivity index (χ0) is 20.3. The summed E-state index contributed by atoms with van der Waals surface area (Å²) in [5.41, 5.74) is 1.27. The maximum atomic E-state index is 14.0. The number of ketones is 1. The van der Waals surface area contributed by atoms with Gasteiger partial charge in [0.1, 0.15) is 5.82 Å². The minimum atomic E-state index is -0.503.